The summed E-state index contributed by atoms with van der Waals surface area (Å²) in [6.45, 7) is 2.24. The number of nitrogens with zero attached hydrogens (tertiary/aromatic N) is 2. The van der Waals surface area contributed by atoms with Crippen LogP contribution in [0.3, 0.4) is 0 Å². The average molecular weight is 443 g/mol. The van der Waals surface area contributed by atoms with Crippen molar-refractivity contribution in [3.8, 4) is 0 Å². The molecule has 154 valence electrons. The monoisotopic (exact) mass is 442 g/mol. The first-order chi connectivity index (χ1) is 14.3. The maximum atomic E-state index is 12.2. The van der Waals surface area contributed by atoms with Crippen molar-refractivity contribution in [1.29, 1.82) is 0 Å². The molecule has 0 aliphatic carbocycles. The molecule has 8 nitrogen and oxygen atoms in total. The highest BCUT2D eigenvalue weighted by Gasteiger charge is 2.23. The van der Waals surface area contributed by atoms with Gasteiger partial charge in [0.1, 0.15) is 5.52 Å². The van der Waals surface area contributed by atoms with Crippen LogP contribution in [0.25, 0.3) is 17.2 Å². The van der Waals surface area contributed by atoms with E-state index in [9.17, 15) is 13.2 Å². The molecule has 2 heterocycles. The number of benzene rings is 2. The first-order valence-corrected chi connectivity index (χ1v) is 11.4. The minimum atomic E-state index is -3.70. The van der Waals surface area contributed by atoms with Crippen LogP contribution in [0.2, 0.25) is 0 Å². The number of thioether (sulfide) groups is 1. The molecular formula is C20H18N4O4S2. The fourth-order valence-electron chi connectivity index (χ4n) is 2.93. The van der Waals surface area contributed by atoms with E-state index in [0.29, 0.717) is 34.5 Å². The Kier molecular flexibility index (Phi) is 5.46. The molecule has 0 atom stereocenters. The van der Waals surface area contributed by atoms with Crippen LogP contribution in [0.15, 0.2) is 61.7 Å². The van der Waals surface area contributed by atoms with Crippen molar-refractivity contribution >= 4 is 50.0 Å². The van der Waals surface area contributed by atoms with E-state index < -0.39 is 10.0 Å². The van der Waals surface area contributed by atoms with E-state index >= 15 is 0 Å². The third-order valence-corrected chi connectivity index (χ3v) is 6.25. The summed E-state index contributed by atoms with van der Waals surface area (Å²) >= 11 is 1.27. The number of primary sulfonamides is 1. The Labute approximate surface area is 177 Å². The van der Waals surface area contributed by atoms with E-state index in [2.05, 4.69) is 15.3 Å². The quantitative estimate of drug-likeness (QED) is 0.585. The normalized spacial score (nSPS) is 17.2. The maximum Gasteiger partial charge on any atom is 0.264 e. The number of amidine groups is 1. The Morgan fingerprint density at radius 3 is 2.73 bits per heavy atom. The summed E-state index contributed by atoms with van der Waals surface area (Å²) in [4.78, 5) is 21.5. The molecule has 1 aliphatic rings. The predicted octanol–water partition coefficient (Wildman–Crippen LogP) is 2.59. The number of aromatic nitrogens is 1. The van der Waals surface area contributed by atoms with Crippen molar-refractivity contribution in [2.45, 2.75) is 18.2 Å². The van der Waals surface area contributed by atoms with Gasteiger partial charge < -0.3 is 9.73 Å². The number of aryl methyl sites for hydroxylation is 1. The van der Waals surface area contributed by atoms with E-state index in [0.717, 1.165) is 16.6 Å². The molecule has 0 saturated carbocycles. The lowest BCUT2D eigenvalue weighted by Gasteiger charge is -2.01. The number of carbonyl (C=O) groups excluding carboxylic acids is 1. The van der Waals surface area contributed by atoms with Gasteiger partial charge in [-0.2, -0.15) is 0 Å². The van der Waals surface area contributed by atoms with Gasteiger partial charge in [0.15, 0.2) is 16.6 Å². The lowest BCUT2D eigenvalue weighted by atomic mass is 10.1. The molecule has 0 bridgehead atoms. The van der Waals surface area contributed by atoms with E-state index in [1.54, 1.807) is 25.1 Å². The maximum absolute atomic E-state index is 12.2. The van der Waals surface area contributed by atoms with E-state index in [4.69, 9.17) is 9.56 Å². The first-order valence-electron chi connectivity index (χ1n) is 9.02. The molecule has 1 fully saturated rings. The number of amides is 1. The topological polar surface area (TPSA) is 128 Å². The highest BCUT2D eigenvalue weighted by Crippen LogP contribution is 2.27. The molecule has 2 aromatic carbocycles. The summed E-state index contributed by atoms with van der Waals surface area (Å²) in [6.07, 6.45) is 2.39. The van der Waals surface area contributed by atoms with Crippen LogP contribution in [0, 0.1) is 6.92 Å². The van der Waals surface area contributed by atoms with Crippen LogP contribution in [0.5, 0.6) is 0 Å². The largest absolute Gasteiger partial charge is 0.441 e. The second kappa shape index (κ2) is 8.05. The van der Waals surface area contributed by atoms with E-state index in [1.165, 1.54) is 23.9 Å². The van der Waals surface area contributed by atoms with Crippen molar-refractivity contribution in [1.82, 2.24) is 10.3 Å². The van der Waals surface area contributed by atoms with Crippen molar-refractivity contribution in [2.24, 2.45) is 10.1 Å². The highest BCUT2D eigenvalue weighted by molar-refractivity contribution is 8.18. The predicted molar refractivity (Wildman–Crippen MR) is 116 cm³/mol. The Morgan fingerprint density at radius 1 is 1.23 bits per heavy atom. The number of carbonyl (C=O) groups is 1. The molecular weight excluding hydrogens is 424 g/mol. The molecule has 30 heavy (non-hydrogen) atoms. The summed E-state index contributed by atoms with van der Waals surface area (Å²) in [5.41, 5.74) is 3.21. The van der Waals surface area contributed by atoms with Gasteiger partial charge in [0.25, 0.3) is 5.91 Å². The molecule has 0 radical (unpaired) electrons. The van der Waals surface area contributed by atoms with Gasteiger partial charge in [-0.3, -0.25) is 9.79 Å². The molecule has 4 rings (SSSR count). The van der Waals surface area contributed by atoms with Gasteiger partial charge >= 0.3 is 0 Å². The number of nitrogens with one attached hydrogen (secondary N) is 1. The fourth-order valence-corrected chi connectivity index (χ4v) is 4.29. The van der Waals surface area contributed by atoms with Crippen LogP contribution in [-0.2, 0) is 21.2 Å². The van der Waals surface area contributed by atoms with E-state index in [1.807, 2.05) is 18.2 Å². The summed E-state index contributed by atoms with van der Waals surface area (Å²) in [5, 5.41) is 8.38. The fraction of sp³-hybridized carbons (Fsp3) is 0.150. The zero-order valence-electron chi connectivity index (χ0n) is 16.0. The van der Waals surface area contributed by atoms with E-state index in [-0.39, 0.29) is 10.8 Å². The molecule has 10 heteroatoms. The Bertz CT molecular complexity index is 1290. The highest BCUT2D eigenvalue weighted by atomic mass is 32.2. The molecule has 1 amide bonds. The minimum Gasteiger partial charge on any atom is -0.441 e. The zero-order chi connectivity index (χ0) is 21.3. The number of rotatable bonds is 5. The number of hydrogen-bond donors (Lipinski definition) is 2. The number of hydrogen-bond acceptors (Lipinski definition) is 7. The number of oxazole rings is 1. The summed E-state index contributed by atoms with van der Waals surface area (Å²) in [6, 6.07) is 11.9. The van der Waals surface area contributed by atoms with Crippen LogP contribution >= 0.6 is 11.8 Å². The molecule has 3 aromatic rings. The van der Waals surface area contributed by atoms with Gasteiger partial charge in [-0.15, -0.1) is 0 Å². The van der Waals surface area contributed by atoms with Crippen molar-refractivity contribution in [3.05, 3.63) is 64.4 Å². The standard InChI is InChI=1S/C20H18N4O4S2/c1-12-23-16-7-4-14(10-17(16)28-12)11-18-19(25)24-20(29-18)22-9-8-13-2-5-15(6-3-13)30(21,26)27/h2-7,10-11H,8-9H2,1H3,(H2,21,26,27)(H,22,24,25)/b18-11+. The van der Waals surface area contributed by atoms with Crippen LogP contribution in [0.4, 0.5) is 0 Å². The molecule has 1 aliphatic heterocycles. The second-order valence-corrected chi connectivity index (χ2v) is 9.24. The van der Waals surface area contributed by atoms with Gasteiger partial charge in [0.05, 0.1) is 9.80 Å². The van der Waals surface area contributed by atoms with Crippen LogP contribution < -0.4 is 10.5 Å². The molecule has 1 saturated heterocycles. The van der Waals surface area contributed by atoms with Gasteiger partial charge in [0.2, 0.25) is 10.0 Å². The third-order valence-electron chi connectivity index (χ3n) is 4.38. The van der Waals surface area contributed by atoms with Gasteiger partial charge in [-0.05, 0) is 59.7 Å². The lowest BCUT2D eigenvalue weighted by Crippen LogP contribution is -2.20. The molecule has 0 unspecified atom stereocenters. The van der Waals surface area contributed by atoms with Crippen molar-refractivity contribution in [2.75, 3.05) is 6.54 Å². The second-order valence-electron chi connectivity index (χ2n) is 6.65. The lowest BCUT2D eigenvalue weighted by molar-refractivity contribution is -0.115. The first kappa shape index (κ1) is 20.3. The average Bonchev–Trinajstić information content (AvgIpc) is 3.22. The number of sulfonamides is 1. The number of nitrogens with two attached hydrogens (primary N) is 1. The van der Waals surface area contributed by atoms with Gasteiger partial charge in [-0.25, -0.2) is 18.5 Å². The summed E-state index contributed by atoms with van der Waals surface area (Å²) in [5.74, 6) is 0.390. The Hall–Kier alpha value is -2.95. The van der Waals surface area contributed by atoms with Crippen LogP contribution in [-0.4, -0.2) is 31.0 Å². The Morgan fingerprint density at radius 2 is 2.00 bits per heavy atom. The van der Waals surface area contributed by atoms with Crippen LogP contribution in [0.1, 0.15) is 17.0 Å². The van der Waals surface area contributed by atoms with Crippen molar-refractivity contribution in [3.63, 3.8) is 0 Å². The minimum absolute atomic E-state index is 0.0737. The van der Waals surface area contributed by atoms with Crippen molar-refractivity contribution < 1.29 is 17.6 Å². The van der Waals surface area contributed by atoms with Gasteiger partial charge in [-0.1, -0.05) is 18.2 Å². The smallest absolute Gasteiger partial charge is 0.264 e. The summed E-state index contributed by atoms with van der Waals surface area (Å²) < 4.78 is 28.1. The summed E-state index contributed by atoms with van der Waals surface area (Å²) in [7, 11) is -3.70. The van der Waals surface area contributed by atoms with Gasteiger partial charge in [0, 0.05) is 13.5 Å². The third kappa shape index (κ3) is 4.61. The molecule has 0 spiro atoms. The number of fused-ring (bicyclic) bond motifs is 1. The number of aliphatic imine (C=N–C) groups is 1. The molecule has 1 aromatic heterocycles. The zero-order valence-corrected chi connectivity index (χ0v) is 17.6. The molecule has 3 N–H and O–H groups in total. The Balaban J connectivity index is 1.41. The SMILES string of the molecule is Cc1nc2ccc(/C=C3/SC(=NCCc4ccc(S(N)(=O)=O)cc4)NC3=O)cc2o1.